The number of aliphatic carboxylic acids is 1. The van der Waals surface area contributed by atoms with Crippen molar-refractivity contribution >= 4 is 28.6 Å². The summed E-state index contributed by atoms with van der Waals surface area (Å²) in [6.45, 7) is 8.99. The van der Waals surface area contributed by atoms with Gasteiger partial charge in [0.15, 0.2) is 0 Å². The maximum Gasteiger partial charge on any atom is 0.573 e. The molecule has 0 amide bonds. The van der Waals surface area contributed by atoms with Crippen LogP contribution in [0.1, 0.15) is 58.6 Å². The molecule has 7 nitrogen and oxygen atoms in total. The van der Waals surface area contributed by atoms with Crippen LogP contribution in [-0.4, -0.2) is 34.1 Å². The van der Waals surface area contributed by atoms with Gasteiger partial charge in [-0.05, 0) is 60.4 Å². The Morgan fingerprint density at radius 3 is 2.30 bits per heavy atom. The normalized spacial score (nSPS) is 17.5. The van der Waals surface area contributed by atoms with Gasteiger partial charge in [-0.2, -0.15) is 0 Å². The monoisotopic (exact) mass is 519 g/mol. The van der Waals surface area contributed by atoms with Crippen LogP contribution in [0.25, 0.3) is 11.0 Å². The van der Waals surface area contributed by atoms with Crippen molar-refractivity contribution in [3.63, 3.8) is 0 Å². The summed E-state index contributed by atoms with van der Waals surface area (Å²) >= 11 is 0. The number of carboxylic acids is 1. The van der Waals surface area contributed by atoms with Gasteiger partial charge < -0.3 is 24.5 Å². The zero-order valence-corrected chi connectivity index (χ0v) is 21.6. The summed E-state index contributed by atoms with van der Waals surface area (Å²) in [4.78, 5) is 16.2. The van der Waals surface area contributed by atoms with E-state index in [0.29, 0.717) is 28.5 Å². The van der Waals surface area contributed by atoms with Crippen molar-refractivity contribution in [1.82, 2.24) is 9.55 Å². The molecule has 0 saturated heterocycles. The minimum atomic E-state index is -4.77. The van der Waals surface area contributed by atoms with E-state index in [9.17, 15) is 23.1 Å². The van der Waals surface area contributed by atoms with Gasteiger partial charge in [-0.1, -0.05) is 27.7 Å². The second kappa shape index (κ2) is 9.46. The molecule has 0 atom stereocenters. The number of nitrogens with one attached hydrogen (secondary N) is 1. The highest BCUT2D eigenvalue weighted by atomic mass is 19.4. The number of methoxy groups -OCH3 is 1. The molecular formula is C27H32F3N3O4. The molecule has 2 N–H and O–H groups in total. The van der Waals surface area contributed by atoms with Crippen LogP contribution in [0.5, 0.6) is 11.5 Å². The summed E-state index contributed by atoms with van der Waals surface area (Å²) in [6.07, 6.45) is -2.12. The number of alkyl halides is 3. The molecule has 1 heterocycles. The highest BCUT2D eigenvalue weighted by molar-refractivity contribution is 5.84. The molecule has 1 aromatic heterocycles. The number of aromatic nitrogens is 2. The zero-order chi connectivity index (χ0) is 27.2. The lowest BCUT2D eigenvalue weighted by Gasteiger charge is -2.45. The number of carboxylic acid groups (broad SMARTS) is 1. The molecule has 10 heteroatoms. The average molecular weight is 520 g/mol. The van der Waals surface area contributed by atoms with Crippen molar-refractivity contribution in [2.45, 2.75) is 65.8 Å². The van der Waals surface area contributed by atoms with Crippen molar-refractivity contribution < 1.29 is 32.5 Å². The molecule has 0 aliphatic heterocycles. The number of rotatable bonds is 7. The number of fused-ring (bicyclic) bond motifs is 1. The quantitative estimate of drug-likeness (QED) is 0.347. The first-order chi connectivity index (χ1) is 17.1. The number of carbonyl (C=O) groups is 1. The van der Waals surface area contributed by atoms with Gasteiger partial charge in [0.25, 0.3) is 0 Å². The van der Waals surface area contributed by atoms with E-state index in [0.717, 1.165) is 24.8 Å². The summed E-state index contributed by atoms with van der Waals surface area (Å²) in [5.74, 6) is -0.309. The van der Waals surface area contributed by atoms with Crippen molar-refractivity contribution in [1.29, 1.82) is 0 Å². The van der Waals surface area contributed by atoms with Gasteiger partial charge in [0, 0.05) is 23.4 Å². The molecule has 0 spiro atoms. The molecule has 37 heavy (non-hydrogen) atoms. The largest absolute Gasteiger partial charge is 0.573 e. The number of halogens is 3. The lowest BCUT2D eigenvalue weighted by atomic mass is 9.63. The van der Waals surface area contributed by atoms with Gasteiger partial charge in [0.1, 0.15) is 11.5 Å². The van der Waals surface area contributed by atoms with E-state index in [1.807, 2.05) is 6.07 Å². The number of nitrogens with zero attached hydrogens (tertiary/aromatic N) is 2. The summed E-state index contributed by atoms with van der Waals surface area (Å²) in [7, 11) is 1.50. The van der Waals surface area contributed by atoms with Crippen LogP contribution in [0.3, 0.4) is 0 Å². The third-order valence-corrected chi connectivity index (χ3v) is 6.68. The third-order valence-electron chi connectivity index (χ3n) is 6.68. The van der Waals surface area contributed by atoms with Gasteiger partial charge in [0.2, 0.25) is 5.95 Å². The lowest BCUT2D eigenvalue weighted by Crippen LogP contribution is -2.35. The Labute approximate surface area is 213 Å². The molecule has 0 bridgehead atoms. The Morgan fingerprint density at radius 1 is 1.14 bits per heavy atom. The van der Waals surface area contributed by atoms with Crippen molar-refractivity contribution in [3.05, 3.63) is 42.0 Å². The number of hydrogen-bond acceptors (Lipinski definition) is 5. The fourth-order valence-corrected chi connectivity index (χ4v) is 5.95. The lowest BCUT2D eigenvalue weighted by molar-refractivity contribution is -0.274. The van der Waals surface area contributed by atoms with Crippen molar-refractivity contribution in [3.8, 4) is 11.5 Å². The first kappa shape index (κ1) is 26.6. The Bertz CT molecular complexity index is 1280. The van der Waals surface area contributed by atoms with Crippen LogP contribution in [0.2, 0.25) is 0 Å². The van der Waals surface area contributed by atoms with Gasteiger partial charge in [-0.3, -0.25) is 4.79 Å². The van der Waals surface area contributed by atoms with E-state index in [-0.39, 0.29) is 29.0 Å². The second-order valence-corrected chi connectivity index (χ2v) is 11.3. The molecule has 1 aliphatic carbocycles. The minimum absolute atomic E-state index is 0.0736. The molecule has 200 valence electrons. The SMILES string of the molecule is COc1cc2c(cc1CC(=O)O)nc(Nc1ccc(OC(F)(F)F)cc1)n2C1CC(C)(C)CC(C)(C)C1. The fourth-order valence-electron chi connectivity index (χ4n) is 5.95. The molecule has 4 rings (SSSR count). The Hall–Kier alpha value is -3.43. The Balaban J connectivity index is 1.81. The number of ether oxygens (including phenoxy) is 2. The summed E-state index contributed by atoms with van der Waals surface area (Å²) < 4.78 is 49.3. The van der Waals surface area contributed by atoms with Gasteiger partial charge in [0.05, 0.1) is 24.6 Å². The Kier molecular flexibility index (Phi) is 6.81. The average Bonchev–Trinajstić information content (AvgIpc) is 3.07. The van der Waals surface area contributed by atoms with Crippen LogP contribution >= 0.6 is 0 Å². The minimum Gasteiger partial charge on any atom is -0.496 e. The van der Waals surface area contributed by atoms with Crippen LogP contribution in [0, 0.1) is 10.8 Å². The van der Waals surface area contributed by atoms with E-state index in [2.05, 4.69) is 42.3 Å². The first-order valence-corrected chi connectivity index (χ1v) is 12.1. The zero-order valence-electron chi connectivity index (χ0n) is 21.6. The highest BCUT2D eigenvalue weighted by Crippen LogP contribution is 2.51. The molecule has 3 aromatic rings. The van der Waals surface area contributed by atoms with Crippen molar-refractivity contribution in [2.24, 2.45) is 10.8 Å². The van der Waals surface area contributed by atoms with E-state index in [1.165, 1.54) is 31.4 Å². The van der Waals surface area contributed by atoms with E-state index in [1.54, 1.807) is 6.07 Å². The topological polar surface area (TPSA) is 85.6 Å². The summed E-state index contributed by atoms with van der Waals surface area (Å²) in [5, 5.41) is 12.6. The number of anilines is 2. The summed E-state index contributed by atoms with van der Waals surface area (Å²) in [6, 6.07) is 9.09. The van der Waals surface area contributed by atoms with Crippen LogP contribution in [0.15, 0.2) is 36.4 Å². The van der Waals surface area contributed by atoms with Gasteiger partial charge >= 0.3 is 12.3 Å². The first-order valence-electron chi connectivity index (χ1n) is 12.1. The van der Waals surface area contributed by atoms with E-state index in [4.69, 9.17) is 9.72 Å². The molecular weight excluding hydrogens is 487 g/mol. The van der Waals surface area contributed by atoms with Gasteiger partial charge in [-0.25, -0.2) is 4.98 Å². The molecule has 0 radical (unpaired) electrons. The maximum atomic E-state index is 12.6. The standard InChI is InChI=1S/C27H32F3N3O4/c1-25(2)13-18(14-26(3,4)15-25)33-21-12-22(36-5)16(11-23(34)35)10-20(21)32-24(33)31-17-6-8-19(9-7-17)37-27(28,29)30/h6-10,12,18H,11,13-15H2,1-5H3,(H,31,32)(H,34,35). The third kappa shape index (κ3) is 6.29. The number of imidazole rings is 1. The predicted molar refractivity (Wildman–Crippen MR) is 134 cm³/mol. The van der Waals surface area contributed by atoms with E-state index >= 15 is 0 Å². The van der Waals surface area contributed by atoms with Crippen LogP contribution < -0.4 is 14.8 Å². The highest BCUT2D eigenvalue weighted by Gasteiger charge is 2.40. The number of benzene rings is 2. The fraction of sp³-hybridized carbons (Fsp3) is 0.481. The summed E-state index contributed by atoms with van der Waals surface area (Å²) in [5.41, 5.74) is 2.60. The van der Waals surface area contributed by atoms with E-state index < -0.39 is 12.3 Å². The molecule has 2 aromatic carbocycles. The molecule has 1 saturated carbocycles. The predicted octanol–water partition coefficient (Wildman–Crippen LogP) is 7.09. The van der Waals surface area contributed by atoms with Crippen LogP contribution in [0.4, 0.5) is 24.8 Å². The van der Waals surface area contributed by atoms with Crippen molar-refractivity contribution in [2.75, 3.05) is 12.4 Å². The maximum absolute atomic E-state index is 12.6. The second-order valence-electron chi connectivity index (χ2n) is 11.3. The molecule has 1 fully saturated rings. The number of hydrogen-bond donors (Lipinski definition) is 2. The van der Waals surface area contributed by atoms with Crippen LogP contribution in [-0.2, 0) is 11.2 Å². The van der Waals surface area contributed by atoms with Gasteiger partial charge in [-0.15, -0.1) is 13.2 Å². The molecule has 1 aliphatic rings. The Morgan fingerprint density at radius 2 is 1.76 bits per heavy atom. The molecule has 0 unspecified atom stereocenters. The smallest absolute Gasteiger partial charge is 0.496 e.